The third-order valence-corrected chi connectivity index (χ3v) is 4.65. The van der Waals surface area contributed by atoms with Crippen LogP contribution in [0.1, 0.15) is 38.5 Å². The van der Waals surface area contributed by atoms with Crippen LogP contribution >= 0.6 is 0 Å². The van der Waals surface area contributed by atoms with Gasteiger partial charge in [-0.15, -0.1) is 0 Å². The molecule has 1 aromatic rings. The van der Waals surface area contributed by atoms with Crippen molar-refractivity contribution >= 4 is 17.3 Å². The lowest BCUT2D eigenvalue weighted by Gasteiger charge is -2.29. The van der Waals surface area contributed by atoms with Gasteiger partial charge in [0.25, 0.3) is 0 Å². The van der Waals surface area contributed by atoms with Crippen molar-refractivity contribution in [3.63, 3.8) is 0 Å². The van der Waals surface area contributed by atoms with Crippen molar-refractivity contribution in [2.75, 3.05) is 23.3 Å². The number of carbonyl (C=O) groups is 1. The lowest BCUT2D eigenvalue weighted by Crippen LogP contribution is -2.30. The van der Waals surface area contributed by atoms with E-state index < -0.39 is 6.10 Å². The first-order chi connectivity index (χ1) is 10.2. The van der Waals surface area contributed by atoms with Gasteiger partial charge in [-0.25, -0.2) is 0 Å². The Morgan fingerprint density at radius 2 is 1.95 bits per heavy atom. The van der Waals surface area contributed by atoms with Crippen molar-refractivity contribution in [2.24, 2.45) is 5.92 Å². The van der Waals surface area contributed by atoms with E-state index >= 15 is 0 Å². The predicted octanol–water partition coefficient (Wildman–Crippen LogP) is 2.78. The van der Waals surface area contributed by atoms with E-state index in [1.807, 2.05) is 18.2 Å². The summed E-state index contributed by atoms with van der Waals surface area (Å²) in [5.41, 5.74) is 2.02. The lowest BCUT2D eigenvalue weighted by molar-refractivity contribution is -0.122. The Bertz CT molecular complexity index is 497. The Labute approximate surface area is 126 Å². The highest BCUT2D eigenvalue weighted by molar-refractivity contribution is 5.93. The molecule has 0 bridgehead atoms. The van der Waals surface area contributed by atoms with Crippen molar-refractivity contribution in [2.45, 2.75) is 44.6 Å². The number of rotatable bonds is 3. The number of hydrogen-bond donors (Lipinski definition) is 2. The molecule has 114 valence electrons. The number of nitrogens with one attached hydrogen (secondary N) is 1. The molecule has 1 saturated heterocycles. The van der Waals surface area contributed by atoms with Gasteiger partial charge in [0, 0.05) is 24.5 Å². The molecule has 0 radical (unpaired) electrons. The summed E-state index contributed by atoms with van der Waals surface area (Å²) in [4.78, 5) is 14.6. The molecule has 1 aromatic carbocycles. The quantitative estimate of drug-likeness (QED) is 0.899. The van der Waals surface area contributed by atoms with E-state index in [-0.39, 0.29) is 11.8 Å². The van der Waals surface area contributed by atoms with Crippen LogP contribution in [0.2, 0.25) is 0 Å². The Hall–Kier alpha value is -1.55. The predicted molar refractivity (Wildman–Crippen MR) is 84.5 cm³/mol. The molecule has 1 heterocycles. The summed E-state index contributed by atoms with van der Waals surface area (Å²) in [6.45, 7) is 2.19. The van der Waals surface area contributed by atoms with Gasteiger partial charge >= 0.3 is 0 Å². The first-order valence-corrected chi connectivity index (χ1v) is 8.08. The summed E-state index contributed by atoms with van der Waals surface area (Å²) >= 11 is 0. The molecule has 4 heteroatoms. The van der Waals surface area contributed by atoms with Gasteiger partial charge in [-0.2, -0.15) is 0 Å². The highest BCUT2D eigenvalue weighted by Gasteiger charge is 2.31. The monoisotopic (exact) mass is 288 g/mol. The van der Waals surface area contributed by atoms with E-state index in [4.69, 9.17) is 0 Å². The van der Waals surface area contributed by atoms with Crippen molar-refractivity contribution in [1.29, 1.82) is 0 Å². The van der Waals surface area contributed by atoms with Gasteiger partial charge in [-0.1, -0.05) is 6.07 Å². The third kappa shape index (κ3) is 3.38. The van der Waals surface area contributed by atoms with Crippen LogP contribution in [0.15, 0.2) is 24.3 Å². The molecule has 1 amide bonds. The van der Waals surface area contributed by atoms with Gasteiger partial charge in [-0.3, -0.25) is 4.79 Å². The zero-order valence-electron chi connectivity index (χ0n) is 12.4. The van der Waals surface area contributed by atoms with E-state index in [0.717, 1.165) is 38.0 Å². The van der Waals surface area contributed by atoms with Gasteiger partial charge in [0.15, 0.2) is 0 Å². The summed E-state index contributed by atoms with van der Waals surface area (Å²) in [5.74, 6) is -0.292. The van der Waals surface area contributed by atoms with E-state index in [0.29, 0.717) is 0 Å². The van der Waals surface area contributed by atoms with Crippen LogP contribution in [0.5, 0.6) is 0 Å². The lowest BCUT2D eigenvalue weighted by atomic mass is 10.1. The van der Waals surface area contributed by atoms with Crippen molar-refractivity contribution in [3.05, 3.63) is 24.3 Å². The average molecular weight is 288 g/mol. The van der Waals surface area contributed by atoms with Gasteiger partial charge in [0.1, 0.15) is 0 Å². The second-order valence-electron chi connectivity index (χ2n) is 6.19. The number of anilines is 2. The van der Waals surface area contributed by atoms with Crippen LogP contribution < -0.4 is 10.2 Å². The molecule has 4 nitrogen and oxygen atoms in total. The number of benzene rings is 1. The van der Waals surface area contributed by atoms with Crippen LogP contribution in [-0.4, -0.2) is 30.2 Å². The third-order valence-electron chi connectivity index (χ3n) is 4.65. The normalized spacial score (nSPS) is 25.9. The molecule has 21 heavy (non-hydrogen) atoms. The molecule has 1 saturated carbocycles. The summed E-state index contributed by atoms with van der Waals surface area (Å²) < 4.78 is 0. The van der Waals surface area contributed by atoms with Crippen LogP contribution in [0.3, 0.4) is 0 Å². The first kappa shape index (κ1) is 14.4. The van der Waals surface area contributed by atoms with Gasteiger partial charge in [0.2, 0.25) is 5.91 Å². The number of hydrogen-bond acceptors (Lipinski definition) is 3. The number of nitrogens with zero attached hydrogens (tertiary/aromatic N) is 1. The SMILES string of the molecule is O=C(Nc1cccc(N2CCCCC2)c1)C1CCCC1O. The van der Waals surface area contributed by atoms with E-state index in [1.165, 1.54) is 24.9 Å². The van der Waals surface area contributed by atoms with Crippen molar-refractivity contribution in [1.82, 2.24) is 0 Å². The second-order valence-corrected chi connectivity index (χ2v) is 6.19. The van der Waals surface area contributed by atoms with Crippen LogP contribution in [0, 0.1) is 5.92 Å². The summed E-state index contributed by atoms with van der Waals surface area (Å²) in [7, 11) is 0. The molecule has 2 fully saturated rings. The van der Waals surface area contributed by atoms with Crippen LogP contribution in [-0.2, 0) is 4.79 Å². The van der Waals surface area contributed by atoms with E-state index in [1.54, 1.807) is 0 Å². The number of amides is 1. The molecule has 2 atom stereocenters. The maximum atomic E-state index is 12.2. The maximum Gasteiger partial charge on any atom is 0.230 e. The molecule has 1 aliphatic carbocycles. The fourth-order valence-corrected chi connectivity index (χ4v) is 3.41. The average Bonchev–Trinajstić information content (AvgIpc) is 2.95. The molecule has 1 aliphatic heterocycles. The summed E-state index contributed by atoms with van der Waals surface area (Å²) in [6.07, 6.45) is 5.79. The van der Waals surface area contributed by atoms with E-state index in [2.05, 4.69) is 16.3 Å². The molecule has 3 rings (SSSR count). The number of carbonyl (C=O) groups excluding carboxylic acids is 1. The molecule has 2 aliphatic rings. The number of aliphatic hydroxyl groups is 1. The molecule has 0 spiro atoms. The largest absolute Gasteiger partial charge is 0.392 e. The zero-order chi connectivity index (χ0) is 14.7. The smallest absolute Gasteiger partial charge is 0.230 e. The van der Waals surface area contributed by atoms with Gasteiger partial charge in [-0.05, 0) is 56.7 Å². The minimum atomic E-state index is -0.477. The minimum absolute atomic E-state index is 0.0456. The van der Waals surface area contributed by atoms with Crippen LogP contribution in [0.4, 0.5) is 11.4 Å². The molecule has 2 unspecified atom stereocenters. The Morgan fingerprint density at radius 1 is 1.14 bits per heavy atom. The van der Waals surface area contributed by atoms with Crippen molar-refractivity contribution in [3.8, 4) is 0 Å². The Kier molecular flexibility index (Phi) is 4.44. The Balaban J connectivity index is 1.66. The number of aliphatic hydroxyl groups excluding tert-OH is 1. The topological polar surface area (TPSA) is 52.6 Å². The van der Waals surface area contributed by atoms with E-state index in [9.17, 15) is 9.90 Å². The molecule has 2 N–H and O–H groups in total. The highest BCUT2D eigenvalue weighted by Crippen LogP contribution is 2.28. The summed E-state index contributed by atoms with van der Waals surface area (Å²) in [6, 6.07) is 8.06. The fraction of sp³-hybridized carbons (Fsp3) is 0.588. The fourth-order valence-electron chi connectivity index (χ4n) is 3.41. The zero-order valence-corrected chi connectivity index (χ0v) is 12.4. The second kappa shape index (κ2) is 6.48. The Morgan fingerprint density at radius 3 is 2.67 bits per heavy atom. The van der Waals surface area contributed by atoms with Crippen LogP contribution in [0.25, 0.3) is 0 Å². The van der Waals surface area contributed by atoms with Gasteiger partial charge in [0.05, 0.1) is 12.0 Å². The van der Waals surface area contributed by atoms with Gasteiger partial charge < -0.3 is 15.3 Å². The maximum absolute atomic E-state index is 12.2. The minimum Gasteiger partial charge on any atom is -0.392 e. The first-order valence-electron chi connectivity index (χ1n) is 8.08. The van der Waals surface area contributed by atoms with Crippen molar-refractivity contribution < 1.29 is 9.90 Å². The number of piperidine rings is 1. The standard InChI is InChI=1S/C17H24N2O2/c20-16-9-5-8-15(16)17(21)18-13-6-4-7-14(12-13)19-10-2-1-3-11-19/h4,6-7,12,15-16,20H,1-3,5,8-11H2,(H,18,21). The molecular weight excluding hydrogens is 264 g/mol. The summed E-state index contributed by atoms with van der Waals surface area (Å²) in [5, 5.41) is 12.8. The molecular formula is C17H24N2O2. The molecule has 0 aromatic heterocycles. The highest BCUT2D eigenvalue weighted by atomic mass is 16.3.